The monoisotopic (exact) mass is 407 g/mol. The van der Waals surface area contributed by atoms with Crippen LogP contribution in [0, 0.1) is 11.6 Å². The molecule has 0 aliphatic carbocycles. The van der Waals surface area contributed by atoms with Crippen LogP contribution >= 0.6 is 0 Å². The number of halogens is 2. The number of anilines is 2. The van der Waals surface area contributed by atoms with E-state index in [4.69, 9.17) is 0 Å². The van der Waals surface area contributed by atoms with Crippen LogP contribution in [0.15, 0.2) is 30.7 Å². The van der Waals surface area contributed by atoms with Crippen molar-refractivity contribution < 1.29 is 17.2 Å². The number of hydrogen-bond acceptors (Lipinski definition) is 5. The Morgan fingerprint density at radius 3 is 2.39 bits per heavy atom. The molecule has 2 aromatic heterocycles. The number of nitrogens with zero attached hydrogens (tertiary/aromatic N) is 5. The van der Waals surface area contributed by atoms with Gasteiger partial charge in [0.25, 0.3) is 0 Å². The van der Waals surface area contributed by atoms with Crippen molar-refractivity contribution in [2.75, 3.05) is 31.3 Å². The Labute approximate surface area is 161 Å². The number of aromatic nitrogens is 3. The highest BCUT2D eigenvalue weighted by atomic mass is 32.2. The lowest BCUT2D eigenvalue weighted by Crippen LogP contribution is -2.47. The van der Waals surface area contributed by atoms with Gasteiger partial charge in [-0.15, -0.1) is 0 Å². The van der Waals surface area contributed by atoms with Gasteiger partial charge in [0.2, 0.25) is 10.0 Å². The highest BCUT2D eigenvalue weighted by Gasteiger charge is 2.35. The van der Waals surface area contributed by atoms with Gasteiger partial charge in [-0.1, -0.05) is 0 Å². The first-order chi connectivity index (χ1) is 13.1. The van der Waals surface area contributed by atoms with Gasteiger partial charge in [0, 0.05) is 39.2 Å². The summed E-state index contributed by atoms with van der Waals surface area (Å²) in [5, 5.41) is 0. The van der Waals surface area contributed by atoms with Crippen LogP contribution in [0.2, 0.25) is 0 Å². The van der Waals surface area contributed by atoms with Crippen LogP contribution < -0.4 is 4.90 Å². The summed E-state index contributed by atoms with van der Waals surface area (Å²) in [6, 6.07) is 4.24. The molecule has 0 bridgehead atoms. The first kappa shape index (κ1) is 18.8. The van der Waals surface area contributed by atoms with E-state index in [1.165, 1.54) is 21.3 Å². The van der Waals surface area contributed by atoms with E-state index in [9.17, 15) is 17.2 Å². The summed E-state index contributed by atoms with van der Waals surface area (Å²) in [6.07, 6.45) is 4.32. The van der Waals surface area contributed by atoms with Gasteiger partial charge in [-0.05, 0) is 17.7 Å². The molecule has 4 rings (SSSR count). The van der Waals surface area contributed by atoms with Crippen LogP contribution in [0.5, 0.6) is 0 Å². The van der Waals surface area contributed by atoms with Gasteiger partial charge in [-0.2, -0.15) is 0 Å². The maximum Gasteiger partial charge on any atom is 0.211 e. The number of benzene rings is 1. The quantitative estimate of drug-likeness (QED) is 0.664. The Morgan fingerprint density at radius 1 is 1.14 bits per heavy atom. The van der Waals surface area contributed by atoms with E-state index in [-0.39, 0.29) is 24.7 Å². The maximum absolute atomic E-state index is 14.8. The fraction of sp³-hybridized carbons (Fsp3) is 0.333. The summed E-state index contributed by atoms with van der Waals surface area (Å²) in [7, 11) is 0.0896. The molecule has 148 valence electrons. The molecule has 0 N–H and O–H groups in total. The molecule has 0 spiro atoms. The molecule has 3 aromatic rings. The van der Waals surface area contributed by atoms with Crippen molar-refractivity contribution in [2.45, 2.75) is 5.92 Å². The van der Waals surface area contributed by atoms with Crippen molar-refractivity contribution in [1.82, 2.24) is 18.8 Å². The molecule has 1 aliphatic rings. The second-order valence-electron chi connectivity index (χ2n) is 7.06. The van der Waals surface area contributed by atoms with E-state index < -0.39 is 21.7 Å². The topological polar surface area (TPSA) is 71.3 Å². The smallest absolute Gasteiger partial charge is 0.211 e. The van der Waals surface area contributed by atoms with Gasteiger partial charge < -0.3 is 9.47 Å². The van der Waals surface area contributed by atoms with Gasteiger partial charge >= 0.3 is 0 Å². The molecule has 10 heteroatoms. The molecule has 1 aliphatic heterocycles. The number of imidazole rings is 1. The zero-order valence-corrected chi connectivity index (χ0v) is 16.4. The fourth-order valence-electron chi connectivity index (χ4n) is 3.38. The molecule has 0 saturated carbocycles. The predicted octanol–water partition coefficient (Wildman–Crippen LogP) is 2.37. The lowest BCUT2D eigenvalue weighted by molar-refractivity contribution is 0.265. The number of aryl methyl sites for hydroxylation is 1. The average Bonchev–Trinajstić information content (AvgIpc) is 2.92. The van der Waals surface area contributed by atoms with E-state index >= 15 is 0 Å². The van der Waals surface area contributed by atoms with Gasteiger partial charge in [-0.3, -0.25) is 0 Å². The number of rotatable bonds is 4. The van der Waals surface area contributed by atoms with E-state index in [0.717, 1.165) is 11.8 Å². The Morgan fingerprint density at radius 2 is 1.79 bits per heavy atom. The number of pyridine rings is 1. The Balaban J connectivity index is 1.63. The highest BCUT2D eigenvalue weighted by Crippen LogP contribution is 2.35. The van der Waals surface area contributed by atoms with E-state index in [1.54, 1.807) is 30.2 Å². The molecule has 7 nitrogen and oxygen atoms in total. The zero-order valence-electron chi connectivity index (χ0n) is 15.6. The summed E-state index contributed by atoms with van der Waals surface area (Å²) in [5.41, 5.74) is 1.72. The van der Waals surface area contributed by atoms with Crippen LogP contribution in [0.1, 0.15) is 11.5 Å². The lowest BCUT2D eigenvalue weighted by Gasteiger charge is -2.37. The molecule has 0 unspecified atom stereocenters. The van der Waals surface area contributed by atoms with Crippen molar-refractivity contribution in [3.05, 3.63) is 47.9 Å². The Hall–Kier alpha value is -2.59. The minimum Gasteiger partial charge on any atom is -0.334 e. The molecule has 1 saturated heterocycles. The summed E-state index contributed by atoms with van der Waals surface area (Å²) >= 11 is 0. The molecule has 0 radical (unpaired) electrons. The van der Waals surface area contributed by atoms with Crippen LogP contribution in [0.3, 0.4) is 0 Å². The maximum atomic E-state index is 14.8. The zero-order chi connectivity index (χ0) is 20.2. The SMILES string of the molecule is CN(c1cc2c(cn1)ncn2C)c1c(F)cc(C2CN(S(C)(=O)=O)C2)cc1F. The third kappa shape index (κ3) is 3.12. The molecular formula is C18H19F2N5O2S. The van der Waals surface area contributed by atoms with Crippen molar-refractivity contribution in [2.24, 2.45) is 7.05 Å². The van der Waals surface area contributed by atoms with Crippen LogP contribution in [0.25, 0.3) is 11.0 Å². The van der Waals surface area contributed by atoms with E-state index in [0.29, 0.717) is 16.9 Å². The van der Waals surface area contributed by atoms with Crippen LogP contribution in [-0.4, -0.2) is 53.7 Å². The largest absolute Gasteiger partial charge is 0.334 e. The summed E-state index contributed by atoms with van der Waals surface area (Å²) in [5.74, 6) is -1.28. The number of hydrogen-bond donors (Lipinski definition) is 0. The first-order valence-electron chi connectivity index (χ1n) is 8.60. The Bertz CT molecular complexity index is 1150. The number of fused-ring (bicyclic) bond motifs is 1. The molecule has 0 atom stereocenters. The molecule has 1 fully saturated rings. The average molecular weight is 407 g/mol. The number of sulfonamides is 1. The summed E-state index contributed by atoms with van der Waals surface area (Å²) in [6.45, 7) is 0.456. The minimum absolute atomic E-state index is 0.211. The van der Waals surface area contributed by atoms with Crippen molar-refractivity contribution >= 4 is 32.6 Å². The summed E-state index contributed by atoms with van der Waals surface area (Å²) in [4.78, 5) is 9.78. The van der Waals surface area contributed by atoms with Crippen LogP contribution in [0.4, 0.5) is 20.3 Å². The van der Waals surface area contributed by atoms with Crippen molar-refractivity contribution in [3.63, 3.8) is 0 Å². The van der Waals surface area contributed by atoms with Gasteiger partial charge in [0.1, 0.15) is 28.7 Å². The normalized spacial score (nSPS) is 15.8. The predicted molar refractivity (Wildman–Crippen MR) is 102 cm³/mol. The summed E-state index contributed by atoms with van der Waals surface area (Å²) < 4.78 is 55.6. The van der Waals surface area contributed by atoms with Gasteiger partial charge in [0.05, 0.1) is 24.3 Å². The van der Waals surface area contributed by atoms with Crippen LogP contribution in [-0.2, 0) is 17.1 Å². The van der Waals surface area contributed by atoms with E-state index in [2.05, 4.69) is 9.97 Å². The van der Waals surface area contributed by atoms with Gasteiger partial charge in [0.15, 0.2) is 0 Å². The second kappa shape index (κ2) is 6.49. The van der Waals surface area contributed by atoms with Crippen molar-refractivity contribution in [3.8, 4) is 0 Å². The molecule has 3 heterocycles. The highest BCUT2D eigenvalue weighted by molar-refractivity contribution is 7.88. The fourth-order valence-corrected chi connectivity index (χ4v) is 4.28. The van der Waals surface area contributed by atoms with Gasteiger partial charge in [-0.25, -0.2) is 31.5 Å². The third-order valence-corrected chi connectivity index (χ3v) is 6.34. The third-order valence-electron chi connectivity index (χ3n) is 5.10. The standard InChI is InChI=1S/C18H19F2N5O2S/c1-23-10-22-15-7-21-17(6-16(15)23)24(2)18-13(19)4-11(5-14(18)20)12-8-25(9-12)28(3,26)27/h4-7,10,12H,8-9H2,1-3H3. The molecule has 28 heavy (non-hydrogen) atoms. The Kier molecular flexibility index (Phi) is 4.35. The second-order valence-corrected chi connectivity index (χ2v) is 9.04. The molecular weight excluding hydrogens is 388 g/mol. The molecule has 0 amide bonds. The minimum atomic E-state index is -3.28. The lowest BCUT2D eigenvalue weighted by atomic mass is 9.93. The molecule has 1 aromatic carbocycles. The van der Waals surface area contributed by atoms with E-state index in [1.807, 2.05) is 7.05 Å². The first-order valence-corrected chi connectivity index (χ1v) is 10.4. The van der Waals surface area contributed by atoms with Crippen molar-refractivity contribution in [1.29, 1.82) is 0 Å².